The van der Waals surface area contributed by atoms with Crippen molar-refractivity contribution in [3.05, 3.63) is 35.4 Å². The molecule has 1 rings (SSSR count). The maximum atomic E-state index is 11.2. The van der Waals surface area contributed by atoms with Gasteiger partial charge in [-0.3, -0.25) is 0 Å². The summed E-state index contributed by atoms with van der Waals surface area (Å²) in [5.74, 6) is -0.965. The highest BCUT2D eigenvalue weighted by molar-refractivity contribution is 5.78. The molecule has 0 saturated carbocycles. The van der Waals surface area contributed by atoms with E-state index in [4.69, 9.17) is 9.84 Å². The first kappa shape index (κ1) is 11.7. The van der Waals surface area contributed by atoms with E-state index in [-0.39, 0.29) is 0 Å². The lowest BCUT2D eigenvalue weighted by atomic mass is 9.95. The van der Waals surface area contributed by atoms with Crippen LogP contribution in [0.4, 0.5) is 0 Å². The molecule has 3 heteroatoms. The van der Waals surface area contributed by atoms with E-state index >= 15 is 0 Å². The summed E-state index contributed by atoms with van der Waals surface area (Å²) in [6, 6.07) is 7.35. The molecule has 0 bridgehead atoms. The Balaban J connectivity index is 3.09. The van der Waals surface area contributed by atoms with Crippen LogP contribution in [0.2, 0.25) is 0 Å². The monoisotopic (exact) mass is 208 g/mol. The Hall–Kier alpha value is -1.35. The molecule has 82 valence electrons. The fourth-order valence-electron chi connectivity index (χ4n) is 1.43. The van der Waals surface area contributed by atoms with Crippen molar-refractivity contribution < 1.29 is 14.6 Å². The molecule has 1 aromatic rings. The topological polar surface area (TPSA) is 46.5 Å². The number of aliphatic carboxylic acids is 1. The molecule has 0 aromatic heterocycles. The maximum absolute atomic E-state index is 11.2. The van der Waals surface area contributed by atoms with Crippen LogP contribution in [0.15, 0.2) is 24.3 Å². The van der Waals surface area contributed by atoms with Gasteiger partial charge in [-0.05, 0) is 26.3 Å². The van der Waals surface area contributed by atoms with Gasteiger partial charge in [-0.1, -0.05) is 29.8 Å². The van der Waals surface area contributed by atoms with Crippen LogP contribution in [-0.2, 0) is 15.1 Å². The summed E-state index contributed by atoms with van der Waals surface area (Å²) in [7, 11) is 0. The smallest absolute Gasteiger partial charge is 0.340 e. The van der Waals surface area contributed by atoms with Crippen molar-refractivity contribution in [1.29, 1.82) is 0 Å². The molecule has 0 saturated heterocycles. The maximum Gasteiger partial charge on any atom is 0.340 e. The van der Waals surface area contributed by atoms with E-state index in [2.05, 4.69) is 0 Å². The van der Waals surface area contributed by atoms with Crippen molar-refractivity contribution in [2.75, 3.05) is 6.61 Å². The first-order valence-electron chi connectivity index (χ1n) is 4.95. The third-order valence-corrected chi connectivity index (χ3v) is 2.44. The van der Waals surface area contributed by atoms with Gasteiger partial charge in [0.2, 0.25) is 0 Å². The average molecular weight is 208 g/mol. The Morgan fingerprint density at radius 1 is 1.40 bits per heavy atom. The van der Waals surface area contributed by atoms with Crippen LogP contribution < -0.4 is 0 Å². The lowest BCUT2D eigenvalue weighted by Gasteiger charge is -2.25. The number of carboxylic acid groups (broad SMARTS) is 1. The number of benzene rings is 1. The molecule has 0 aliphatic carbocycles. The second-order valence-electron chi connectivity index (χ2n) is 3.64. The summed E-state index contributed by atoms with van der Waals surface area (Å²) >= 11 is 0. The third kappa shape index (κ3) is 2.36. The minimum absolute atomic E-state index is 0.372. The van der Waals surface area contributed by atoms with Crippen LogP contribution in [-0.4, -0.2) is 17.7 Å². The van der Waals surface area contributed by atoms with E-state index in [1.165, 1.54) is 0 Å². The van der Waals surface area contributed by atoms with E-state index in [1.807, 2.05) is 19.1 Å². The van der Waals surface area contributed by atoms with Gasteiger partial charge in [0.05, 0.1) is 0 Å². The summed E-state index contributed by atoms with van der Waals surface area (Å²) in [5, 5.41) is 9.16. The summed E-state index contributed by atoms with van der Waals surface area (Å²) < 4.78 is 5.32. The van der Waals surface area contributed by atoms with Gasteiger partial charge in [0.15, 0.2) is 5.60 Å². The Labute approximate surface area is 89.7 Å². The van der Waals surface area contributed by atoms with Gasteiger partial charge < -0.3 is 9.84 Å². The molecule has 15 heavy (non-hydrogen) atoms. The van der Waals surface area contributed by atoms with E-state index in [1.54, 1.807) is 26.0 Å². The first-order valence-corrected chi connectivity index (χ1v) is 4.95. The number of carbonyl (C=O) groups is 1. The van der Waals surface area contributed by atoms with Crippen molar-refractivity contribution in [2.24, 2.45) is 0 Å². The SMILES string of the molecule is CCOC(C)(C(=O)O)c1ccc(C)cc1. The van der Waals surface area contributed by atoms with Gasteiger partial charge in [0.1, 0.15) is 0 Å². The molecule has 0 heterocycles. The lowest BCUT2D eigenvalue weighted by molar-refractivity contribution is -0.164. The highest BCUT2D eigenvalue weighted by Crippen LogP contribution is 2.25. The van der Waals surface area contributed by atoms with Crippen molar-refractivity contribution in [3.63, 3.8) is 0 Å². The fourth-order valence-corrected chi connectivity index (χ4v) is 1.43. The number of aryl methyl sites for hydroxylation is 1. The van der Waals surface area contributed by atoms with Gasteiger partial charge in [0, 0.05) is 6.61 Å². The number of hydrogen-bond donors (Lipinski definition) is 1. The van der Waals surface area contributed by atoms with Gasteiger partial charge in [-0.25, -0.2) is 4.79 Å². The van der Waals surface area contributed by atoms with Crippen LogP contribution in [0.1, 0.15) is 25.0 Å². The second-order valence-corrected chi connectivity index (χ2v) is 3.64. The van der Waals surface area contributed by atoms with Crippen LogP contribution in [0.3, 0.4) is 0 Å². The second kappa shape index (κ2) is 4.45. The highest BCUT2D eigenvalue weighted by Gasteiger charge is 2.35. The number of hydrogen-bond acceptors (Lipinski definition) is 2. The van der Waals surface area contributed by atoms with Crippen LogP contribution >= 0.6 is 0 Å². The average Bonchev–Trinajstić information content (AvgIpc) is 2.18. The van der Waals surface area contributed by atoms with Gasteiger partial charge in [0.25, 0.3) is 0 Å². The van der Waals surface area contributed by atoms with Gasteiger partial charge >= 0.3 is 5.97 Å². The summed E-state index contributed by atoms with van der Waals surface area (Å²) in [6.45, 7) is 5.69. The van der Waals surface area contributed by atoms with E-state index in [0.717, 1.165) is 5.56 Å². The largest absolute Gasteiger partial charge is 0.479 e. The molecule has 1 atom stereocenters. The molecule has 0 fully saturated rings. The number of ether oxygens (including phenoxy) is 1. The zero-order valence-corrected chi connectivity index (χ0v) is 9.28. The van der Waals surface area contributed by atoms with E-state index < -0.39 is 11.6 Å². The molecule has 1 unspecified atom stereocenters. The first-order chi connectivity index (χ1) is 7.00. The Kier molecular flexibility index (Phi) is 3.48. The molecule has 0 aliphatic rings. The Morgan fingerprint density at radius 3 is 2.33 bits per heavy atom. The van der Waals surface area contributed by atoms with E-state index in [0.29, 0.717) is 12.2 Å². The zero-order chi connectivity index (χ0) is 11.5. The molecule has 0 spiro atoms. The minimum atomic E-state index is -1.25. The molecular weight excluding hydrogens is 192 g/mol. The molecule has 0 aliphatic heterocycles. The third-order valence-electron chi connectivity index (χ3n) is 2.44. The van der Waals surface area contributed by atoms with Crippen LogP contribution in [0.5, 0.6) is 0 Å². The minimum Gasteiger partial charge on any atom is -0.479 e. The zero-order valence-electron chi connectivity index (χ0n) is 9.28. The molecule has 0 radical (unpaired) electrons. The predicted octanol–water partition coefficient (Wildman–Crippen LogP) is 2.33. The fraction of sp³-hybridized carbons (Fsp3) is 0.417. The van der Waals surface area contributed by atoms with Crippen molar-refractivity contribution in [3.8, 4) is 0 Å². The molecule has 1 aromatic carbocycles. The van der Waals surface area contributed by atoms with Gasteiger partial charge in [-0.2, -0.15) is 0 Å². The van der Waals surface area contributed by atoms with Crippen molar-refractivity contribution in [2.45, 2.75) is 26.4 Å². The number of carboxylic acids is 1. The van der Waals surface area contributed by atoms with Crippen molar-refractivity contribution in [1.82, 2.24) is 0 Å². The highest BCUT2D eigenvalue weighted by atomic mass is 16.5. The Morgan fingerprint density at radius 2 is 1.93 bits per heavy atom. The van der Waals surface area contributed by atoms with Crippen molar-refractivity contribution >= 4 is 5.97 Å². The van der Waals surface area contributed by atoms with E-state index in [9.17, 15) is 4.79 Å². The normalized spacial score (nSPS) is 14.6. The molecular formula is C12H16O3. The summed E-state index contributed by atoms with van der Waals surface area (Å²) in [4.78, 5) is 11.2. The quantitative estimate of drug-likeness (QED) is 0.826. The molecule has 1 N–H and O–H groups in total. The standard InChI is InChI=1S/C12H16O3/c1-4-15-12(3,11(13)14)10-7-5-9(2)6-8-10/h5-8H,4H2,1-3H3,(H,13,14). The van der Waals surface area contributed by atoms with Gasteiger partial charge in [-0.15, -0.1) is 0 Å². The number of rotatable bonds is 4. The lowest BCUT2D eigenvalue weighted by Crippen LogP contribution is -2.35. The summed E-state index contributed by atoms with van der Waals surface area (Å²) in [5.41, 5.74) is 0.521. The summed E-state index contributed by atoms with van der Waals surface area (Å²) in [6.07, 6.45) is 0. The van der Waals surface area contributed by atoms with Crippen LogP contribution in [0.25, 0.3) is 0 Å². The van der Waals surface area contributed by atoms with Crippen LogP contribution in [0, 0.1) is 6.92 Å². The Bertz CT molecular complexity index is 342. The molecule has 3 nitrogen and oxygen atoms in total. The predicted molar refractivity (Wildman–Crippen MR) is 57.8 cm³/mol. The molecule has 0 amide bonds.